The second-order valence-electron chi connectivity index (χ2n) is 31.6. The molecular weight excluding hydrogens is 1310 g/mol. The maximum absolute atomic E-state index is 6.86. The number of hydrogen-bond donors (Lipinski definition) is 2. The summed E-state index contributed by atoms with van der Waals surface area (Å²) in [5.41, 5.74) is 18.5. The molecule has 104 heavy (non-hydrogen) atoms. The number of nitrogens with one attached hydrogen (secondary N) is 2. The van der Waals surface area contributed by atoms with Gasteiger partial charge in [0.2, 0.25) is 0 Å². The van der Waals surface area contributed by atoms with Gasteiger partial charge in [0.25, 0.3) is 0 Å². The molecule has 11 rings (SSSR count). The van der Waals surface area contributed by atoms with Crippen LogP contribution in [0.3, 0.4) is 0 Å². The fourth-order valence-corrected chi connectivity index (χ4v) is 18.6. The van der Waals surface area contributed by atoms with Crippen LogP contribution in [-0.4, -0.2) is 57.9 Å². The van der Waals surface area contributed by atoms with Crippen molar-refractivity contribution in [3.05, 3.63) is 131 Å². The number of unbranched alkanes of at least 4 members (excludes halogenated alkanes) is 28. The van der Waals surface area contributed by atoms with Crippen molar-refractivity contribution >= 4 is 69.9 Å². The van der Waals surface area contributed by atoms with Gasteiger partial charge in [-0.15, -0.1) is 23.5 Å². The van der Waals surface area contributed by atoms with Crippen molar-refractivity contribution in [2.24, 2.45) is 0 Å². The molecule has 0 unspecified atom stereocenters. The van der Waals surface area contributed by atoms with Gasteiger partial charge in [0.1, 0.15) is 23.0 Å². The van der Waals surface area contributed by atoms with E-state index >= 15 is 0 Å². The number of H-pyrrole nitrogens is 2. The van der Waals surface area contributed by atoms with Crippen LogP contribution < -0.4 is 18.9 Å². The summed E-state index contributed by atoms with van der Waals surface area (Å²) in [4.78, 5) is 22.8. The predicted molar refractivity (Wildman–Crippen MR) is 450 cm³/mol. The van der Waals surface area contributed by atoms with E-state index in [1.54, 1.807) is 0 Å². The molecule has 2 N–H and O–H groups in total. The van der Waals surface area contributed by atoms with Crippen LogP contribution in [0.2, 0.25) is 0 Å². The van der Waals surface area contributed by atoms with Crippen molar-refractivity contribution in [1.82, 2.24) is 19.9 Å². The molecule has 10 heteroatoms. The number of nitrogens with zero attached hydrogens (tertiary/aromatic N) is 2. The van der Waals surface area contributed by atoms with E-state index in [0.29, 0.717) is 26.4 Å². The molecule has 4 aliphatic heterocycles. The third-order valence-corrected chi connectivity index (χ3v) is 24.3. The quantitative estimate of drug-likeness (QED) is 0.0365. The van der Waals surface area contributed by atoms with Crippen molar-refractivity contribution in [2.45, 2.75) is 294 Å². The summed E-state index contributed by atoms with van der Waals surface area (Å²) >= 11 is 3.95. The summed E-state index contributed by atoms with van der Waals surface area (Å²) < 4.78 is 27.4. The maximum atomic E-state index is 6.86. The molecule has 0 saturated heterocycles. The van der Waals surface area contributed by atoms with Crippen molar-refractivity contribution < 1.29 is 18.9 Å². The summed E-state index contributed by atoms with van der Waals surface area (Å²) in [5, 5.41) is 0. The Balaban J connectivity index is 1.10. The molecular formula is C94H126N4O4S2. The molecule has 7 heterocycles. The number of benzene rings is 4. The van der Waals surface area contributed by atoms with Gasteiger partial charge in [-0.05, 0) is 191 Å². The van der Waals surface area contributed by atoms with Crippen LogP contribution in [0.15, 0.2) is 107 Å². The first kappa shape index (κ1) is 78.5. The SMILES string of the molecule is CCCCCCCCCCOc1cc(OCCCCCCCCCC)cc(-c2c3nc(c(-c4ccc5c(c4)C(C)(C)CCS5)c4ccc([nH]4)c(-c4cc(OCCCCCCCCCC)cc(OCCCCCCCCCC)c4)c4nc(c(-c5ccc6c(c5)C(C)(C)CCS6)c5ccc2[nH]5)C=C4)C=C3)c1. The van der Waals surface area contributed by atoms with Crippen molar-refractivity contribution in [1.29, 1.82) is 0 Å². The van der Waals surface area contributed by atoms with E-state index in [2.05, 4.69) is 187 Å². The number of aromatic amines is 2. The molecule has 4 aromatic carbocycles. The lowest BCUT2D eigenvalue weighted by atomic mass is 9.80. The molecule has 8 bridgehead atoms. The number of ether oxygens (including phenoxy) is 4. The number of hydrogen-bond acceptors (Lipinski definition) is 8. The number of aromatic nitrogens is 4. The highest BCUT2D eigenvalue weighted by Gasteiger charge is 2.31. The Labute approximate surface area is 635 Å². The van der Waals surface area contributed by atoms with Gasteiger partial charge in [0.05, 0.1) is 49.2 Å². The van der Waals surface area contributed by atoms with Crippen LogP contribution in [0.1, 0.15) is 308 Å². The monoisotopic (exact) mass is 1440 g/mol. The third-order valence-electron chi connectivity index (χ3n) is 22.1. The summed E-state index contributed by atoms with van der Waals surface area (Å²) in [6, 6.07) is 36.6. The van der Waals surface area contributed by atoms with E-state index in [0.717, 1.165) is 188 Å². The molecule has 3 aromatic heterocycles. The molecule has 4 aliphatic rings. The largest absolute Gasteiger partial charge is 0.493 e. The topological polar surface area (TPSA) is 94.3 Å². The maximum Gasteiger partial charge on any atom is 0.123 e. The highest BCUT2D eigenvalue weighted by atomic mass is 32.2. The van der Waals surface area contributed by atoms with Gasteiger partial charge >= 0.3 is 0 Å². The minimum atomic E-state index is 0.00417. The van der Waals surface area contributed by atoms with E-state index < -0.39 is 0 Å². The Morgan fingerprint density at radius 2 is 0.567 bits per heavy atom. The standard InChI is InChI=1S/C94H126N4O4S2/c1-9-13-17-21-25-29-33-37-55-99-73-61-71(62-74(67-73)100-56-38-34-30-26-22-18-14-10-2)91-83-47-43-79(95-83)89(69-41-51-87-77(65-69)93(5,6)53-59-103-87)81-45-49-85(97-81)92(86-50-46-82(98-86)90(80-44-48-84(91)96-80)70-42-52-88-78(66-70)94(7,8)54-60-104-88)72-63-75(101-57-39-35-31-27-23-19-15-11-3)68-76(64-72)102-58-40-36-32-28-24-20-16-12-4/h41-52,61-68,95,98H,9-40,53-60H2,1-8H3. The lowest BCUT2D eigenvalue weighted by Crippen LogP contribution is -2.22. The summed E-state index contributed by atoms with van der Waals surface area (Å²) in [7, 11) is 0. The van der Waals surface area contributed by atoms with Gasteiger partial charge < -0.3 is 28.9 Å². The molecule has 0 spiro atoms. The number of rotatable bonds is 44. The minimum Gasteiger partial charge on any atom is -0.493 e. The normalized spacial score (nSPS) is 14.2. The average molecular weight is 1440 g/mol. The predicted octanol–water partition coefficient (Wildman–Crippen LogP) is 28.9. The van der Waals surface area contributed by atoms with Gasteiger partial charge in [-0.3, -0.25) is 0 Å². The Morgan fingerprint density at radius 1 is 0.308 bits per heavy atom. The Bertz CT molecular complexity index is 3770. The first-order valence-electron chi connectivity index (χ1n) is 41.5. The molecule has 7 aromatic rings. The molecule has 0 atom stereocenters. The highest BCUT2D eigenvalue weighted by molar-refractivity contribution is 7.99. The van der Waals surface area contributed by atoms with Crippen LogP contribution >= 0.6 is 23.5 Å². The zero-order valence-corrected chi connectivity index (χ0v) is 66.8. The molecule has 0 saturated carbocycles. The van der Waals surface area contributed by atoms with Gasteiger partial charge in [0.15, 0.2) is 0 Å². The molecule has 0 aliphatic carbocycles. The van der Waals surface area contributed by atoms with Gasteiger partial charge in [0, 0.05) is 66.2 Å². The van der Waals surface area contributed by atoms with Crippen LogP contribution in [0, 0.1) is 0 Å². The van der Waals surface area contributed by atoms with Crippen LogP contribution in [0.5, 0.6) is 23.0 Å². The van der Waals surface area contributed by atoms with E-state index in [4.69, 9.17) is 28.9 Å². The van der Waals surface area contributed by atoms with E-state index in [9.17, 15) is 0 Å². The minimum absolute atomic E-state index is 0.00417. The van der Waals surface area contributed by atoms with E-state index in [1.807, 2.05) is 23.5 Å². The molecule has 558 valence electrons. The second kappa shape index (κ2) is 40.4. The fraction of sp³-hybridized carbons (Fsp3) is 0.532. The summed E-state index contributed by atoms with van der Waals surface area (Å²) in [5.74, 6) is 5.50. The zero-order valence-electron chi connectivity index (χ0n) is 65.2. The number of thioether (sulfide) groups is 2. The average Bonchev–Trinajstić information content (AvgIpc) is 1.64. The molecule has 0 radical (unpaired) electrons. The smallest absolute Gasteiger partial charge is 0.123 e. The summed E-state index contributed by atoms with van der Waals surface area (Å²) in [6.45, 7) is 21.4. The lowest BCUT2D eigenvalue weighted by molar-refractivity contribution is 0.289. The Morgan fingerprint density at radius 3 is 0.846 bits per heavy atom. The number of fused-ring (bicyclic) bond motifs is 10. The van der Waals surface area contributed by atoms with Gasteiger partial charge in [-0.2, -0.15) is 0 Å². The van der Waals surface area contributed by atoms with Gasteiger partial charge in [-0.1, -0.05) is 247 Å². The van der Waals surface area contributed by atoms with Crippen molar-refractivity contribution in [2.75, 3.05) is 37.9 Å². The molecule has 0 amide bonds. The fourth-order valence-electron chi connectivity index (χ4n) is 15.7. The van der Waals surface area contributed by atoms with Crippen molar-refractivity contribution in [3.63, 3.8) is 0 Å². The first-order chi connectivity index (χ1) is 50.9. The second-order valence-corrected chi connectivity index (χ2v) is 33.8. The van der Waals surface area contributed by atoms with E-state index in [1.165, 1.54) is 175 Å². The van der Waals surface area contributed by atoms with Crippen LogP contribution in [0.25, 0.3) is 90.9 Å². The Hall–Kier alpha value is -6.62. The molecule has 8 nitrogen and oxygen atoms in total. The zero-order chi connectivity index (χ0) is 72.4. The third kappa shape index (κ3) is 21.8. The lowest BCUT2D eigenvalue weighted by Gasteiger charge is -2.32. The van der Waals surface area contributed by atoms with Gasteiger partial charge in [-0.25, -0.2) is 9.97 Å². The molecule has 0 fully saturated rings. The van der Waals surface area contributed by atoms with Crippen LogP contribution in [-0.2, 0) is 10.8 Å². The highest BCUT2D eigenvalue weighted by Crippen LogP contribution is 2.48. The van der Waals surface area contributed by atoms with E-state index in [-0.39, 0.29) is 10.8 Å². The van der Waals surface area contributed by atoms with Crippen molar-refractivity contribution in [3.8, 4) is 67.5 Å². The van der Waals surface area contributed by atoms with Crippen LogP contribution in [0.4, 0.5) is 0 Å². The Kier molecular flexibility index (Phi) is 30.5. The summed E-state index contributed by atoms with van der Waals surface area (Å²) in [6.07, 6.45) is 51.0. The first-order valence-corrected chi connectivity index (χ1v) is 43.4.